The number of rotatable bonds is 8. The highest BCUT2D eigenvalue weighted by Gasteiger charge is 2.23. The SMILES string of the molecule is COc1cc(C(=O)N(Cc2ccco2)c2ccc(C)cc2)cc(Cl)c1OCC(N)=O. The molecule has 156 valence electrons. The van der Waals surface area contributed by atoms with Gasteiger partial charge in [-0.05, 0) is 43.3 Å². The highest BCUT2D eigenvalue weighted by atomic mass is 35.5. The lowest BCUT2D eigenvalue weighted by atomic mass is 10.1. The Hall–Kier alpha value is -3.45. The van der Waals surface area contributed by atoms with Gasteiger partial charge in [-0.25, -0.2) is 0 Å². The van der Waals surface area contributed by atoms with Crippen molar-refractivity contribution in [2.24, 2.45) is 5.73 Å². The van der Waals surface area contributed by atoms with Gasteiger partial charge in [0, 0.05) is 11.3 Å². The number of aryl methyl sites for hydroxylation is 1. The molecule has 2 aromatic carbocycles. The van der Waals surface area contributed by atoms with Crippen molar-refractivity contribution in [2.75, 3.05) is 18.6 Å². The number of furan rings is 1. The van der Waals surface area contributed by atoms with Gasteiger partial charge in [-0.1, -0.05) is 29.3 Å². The van der Waals surface area contributed by atoms with Crippen LogP contribution >= 0.6 is 11.6 Å². The number of halogens is 1. The normalized spacial score (nSPS) is 10.5. The average molecular weight is 429 g/mol. The molecular formula is C22H21ClN2O5. The quantitative estimate of drug-likeness (QED) is 0.586. The summed E-state index contributed by atoms with van der Waals surface area (Å²) in [5.74, 6) is 0.0222. The zero-order valence-corrected chi connectivity index (χ0v) is 17.3. The number of carbonyl (C=O) groups excluding carboxylic acids is 2. The van der Waals surface area contributed by atoms with Crippen molar-refractivity contribution in [1.29, 1.82) is 0 Å². The van der Waals surface area contributed by atoms with E-state index in [1.807, 2.05) is 31.2 Å². The molecule has 2 N–H and O–H groups in total. The molecule has 0 aliphatic carbocycles. The van der Waals surface area contributed by atoms with Crippen LogP contribution in [0.15, 0.2) is 59.2 Å². The molecule has 3 aromatic rings. The maximum atomic E-state index is 13.4. The van der Waals surface area contributed by atoms with Crippen LogP contribution < -0.4 is 20.1 Å². The third kappa shape index (κ3) is 4.93. The number of amides is 2. The number of ether oxygens (including phenoxy) is 2. The van der Waals surface area contributed by atoms with Crippen molar-refractivity contribution >= 4 is 29.1 Å². The number of hydrogen-bond donors (Lipinski definition) is 1. The van der Waals surface area contributed by atoms with Crippen molar-refractivity contribution in [3.63, 3.8) is 0 Å². The minimum atomic E-state index is -0.655. The third-order valence-corrected chi connectivity index (χ3v) is 4.60. The first-order chi connectivity index (χ1) is 14.4. The van der Waals surface area contributed by atoms with E-state index in [1.54, 1.807) is 23.3 Å². The maximum Gasteiger partial charge on any atom is 0.258 e. The molecular weight excluding hydrogens is 408 g/mol. The van der Waals surface area contributed by atoms with Crippen LogP contribution in [0.4, 0.5) is 5.69 Å². The Kier molecular flexibility index (Phi) is 6.64. The Bertz CT molecular complexity index is 1030. The number of hydrogen-bond acceptors (Lipinski definition) is 5. The Labute approximate surface area is 178 Å². The van der Waals surface area contributed by atoms with Crippen molar-refractivity contribution in [3.05, 3.63) is 76.7 Å². The summed E-state index contributed by atoms with van der Waals surface area (Å²) in [5.41, 5.74) is 7.18. The van der Waals surface area contributed by atoms with E-state index in [0.29, 0.717) is 11.4 Å². The Balaban J connectivity index is 1.98. The summed E-state index contributed by atoms with van der Waals surface area (Å²) in [6.45, 7) is 1.84. The van der Waals surface area contributed by atoms with Gasteiger partial charge in [0.2, 0.25) is 0 Å². The van der Waals surface area contributed by atoms with Crippen LogP contribution in [0.25, 0.3) is 0 Å². The predicted octanol–water partition coefficient (Wildman–Crippen LogP) is 3.96. The first kappa shape index (κ1) is 21.3. The number of nitrogens with zero attached hydrogens (tertiary/aromatic N) is 1. The van der Waals surface area contributed by atoms with Gasteiger partial charge in [0.1, 0.15) is 5.76 Å². The summed E-state index contributed by atoms with van der Waals surface area (Å²) in [6, 6.07) is 14.1. The molecule has 1 heterocycles. The van der Waals surface area contributed by atoms with Gasteiger partial charge < -0.3 is 24.5 Å². The maximum absolute atomic E-state index is 13.4. The van der Waals surface area contributed by atoms with Crippen molar-refractivity contribution in [3.8, 4) is 11.5 Å². The second kappa shape index (κ2) is 9.37. The van der Waals surface area contributed by atoms with E-state index in [1.165, 1.54) is 19.2 Å². The second-order valence-electron chi connectivity index (χ2n) is 6.55. The minimum Gasteiger partial charge on any atom is -0.493 e. The van der Waals surface area contributed by atoms with Gasteiger partial charge in [-0.15, -0.1) is 0 Å². The number of methoxy groups -OCH3 is 1. The molecule has 0 radical (unpaired) electrons. The van der Waals surface area contributed by atoms with Gasteiger partial charge in [-0.3, -0.25) is 9.59 Å². The summed E-state index contributed by atoms with van der Waals surface area (Å²) < 4.78 is 16.1. The number of anilines is 1. The van der Waals surface area contributed by atoms with Gasteiger partial charge in [0.25, 0.3) is 11.8 Å². The topological polar surface area (TPSA) is 95.0 Å². The van der Waals surface area contributed by atoms with Crippen LogP contribution in [0.2, 0.25) is 5.02 Å². The smallest absolute Gasteiger partial charge is 0.258 e. The Morgan fingerprint density at radius 1 is 1.17 bits per heavy atom. The van der Waals surface area contributed by atoms with Crippen LogP contribution in [-0.4, -0.2) is 25.5 Å². The van der Waals surface area contributed by atoms with E-state index in [-0.39, 0.29) is 41.1 Å². The van der Waals surface area contributed by atoms with Gasteiger partial charge in [-0.2, -0.15) is 0 Å². The molecule has 0 saturated carbocycles. The molecule has 3 rings (SSSR count). The monoisotopic (exact) mass is 428 g/mol. The first-order valence-corrected chi connectivity index (χ1v) is 9.46. The van der Waals surface area contributed by atoms with Crippen molar-refractivity contribution in [1.82, 2.24) is 0 Å². The van der Waals surface area contributed by atoms with Crippen LogP contribution in [0.5, 0.6) is 11.5 Å². The Morgan fingerprint density at radius 3 is 2.50 bits per heavy atom. The highest BCUT2D eigenvalue weighted by molar-refractivity contribution is 6.33. The van der Waals surface area contributed by atoms with Crippen molar-refractivity contribution < 1.29 is 23.5 Å². The molecule has 0 spiro atoms. The molecule has 7 nitrogen and oxygen atoms in total. The van der Waals surface area contributed by atoms with E-state index in [9.17, 15) is 9.59 Å². The molecule has 0 aliphatic rings. The predicted molar refractivity (Wildman–Crippen MR) is 113 cm³/mol. The number of carbonyl (C=O) groups is 2. The van der Waals surface area contributed by atoms with Gasteiger partial charge in [0.05, 0.1) is 24.9 Å². The molecule has 0 fully saturated rings. The van der Waals surface area contributed by atoms with E-state index < -0.39 is 5.91 Å². The molecule has 1 aromatic heterocycles. The number of benzene rings is 2. The van der Waals surface area contributed by atoms with E-state index >= 15 is 0 Å². The summed E-state index contributed by atoms with van der Waals surface area (Å²) in [5, 5.41) is 0.126. The Morgan fingerprint density at radius 2 is 1.90 bits per heavy atom. The van der Waals surface area contributed by atoms with Crippen molar-refractivity contribution in [2.45, 2.75) is 13.5 Å². The fraction of sp³-hybridized carbons (Fsp3) is 0.182. The van der Waals surface area contributed by atoms with Crippen LogP contribution in [0.3, 0.4) is 0 Å². The largest absolute Gasteiger partial charge is 0.493 e. The third-order valence-electron chi connectivity index (χ3n) is 4.32. The van der Waals surface area contributed by atoms with E-state index in [0.717, 1.165) is 5.56 Å². The number of primary amides is 1. The summed E-state index contributed by atoms with van der Waals surface area (Å²) in [7, 11) is 1.41. The lowest BCUT2D eigenvalue weighted by molar-refractivity contribution is -0.119. The first-order valence-electron chi connectivity index (χ1n) is 9.08. The molecule has 0 bridgehead atoms. The molecule has 30 heavy (non-hydrogen) atoms. The average Bonchev–Trinajstić information content (AvgIpc) is 3.24. The summed E-state index contributed by atoms with van der Waals surface area (Å²) in [6.07, 6.45) is 1.55. The molecule has 0 unspecified atom stereocenters. The van der Waals surface area contributed by atoms with E-state index in [2.05, 4.69) is 0 Å². The highest BCUT2D eigenvalue weighted by Crippen LogP contribution is 2.37. The second-order valence-corrected chi connectivity index (χ2v) is 6.96. The van der Waals surface area contributed by atoms with E-state index in [4.69, 9.17) is 31.2 Å². The number of nitrogens with two attached hydrogens (primary N) is 1. The summed E-state index contributed by atoms with van der Waals surface area (Å²) >= 11 is 6.31. The zero-order valence-electron chi connectivity index (χ0n) is 16.6. The molecule has 0 saturated heterocycles. The van der Waals surface area contributed by atoms with Gasteiger partial charge in [0.15, 0.2) is 18.1 Å². The van der Waals surface area contributed by atoms with Crippen LogP contribution in [-0.2, 0) is 11.3 Å². The minimum absolute atomic E-state index is 0.126. The molecule has 0 atom stereocenters. The lowest BCUT2D eigenvalue weighted by Crippen LogP contribution is -2.30. The summed E-state index contributed by atoms with van der Waals surface area (Å²) in [4.78, 5) is 26.0. The zero-order chi connectivity index (χ0) is 21.7. The molecule has 0 aliphatic heterocycles. The standard InChI is InChI=1S/C22H21ClN2O5/c1-14-5-7-16(8-6-14)25(12-17-4-3-9-29-17)22(27)15-10-18(23)21(19(11-15)28-2)30-13-20(24)26/h3-11H,12-13H2,1-2H3,(H2,24,26). The lowest BCUT2D eigenvalue weighted by Gasteiger charge is -2.23. The fourth-order valence-electron chi connectivity index (χ4n) is 2.85. The molecule has 8 heteroatoms. The van der Waals surface area contributed by atoms with Gasteiger partial charge >= 0.3 is 0 Å². The van der Waals surface area contributed by atoms with Crippen LogP contribution in [0, 0.1) is 6.92 Å². The van der Waals surface area contributed by atoms with Crippen LogP contribution in [0.1, 0.15) is 21.7 Å². The molecule has 2 amide bonds. The fourth-order valence-corrected chi connectivity index (χ4v) is 3.11.